The first kappa shape index (κ1) is 24.2. The van der Waals surface area contributed by atoms with E-state index in [-0.39, 0.29) is 17.3 Å². The fourth-order valence-corrected chi connectivity index (χ4v) is 3.79. The molecule has 0 radical (unpaired) electrons. The van der Waals surface area contributed by atoms with Gasteiger partial charge >= 0.3 is 6.18 Å². The number of nitrogens with one attached hydrogen (secondary N) is 2. The van der Waals surface area contributed by atoms with Crippen LogP contribution in [-0.4, -0.2) is 43.9 Å². The molecule has 8 nitrogen and oxygen atoms in total. The first-order valence-electron chi connectivity index (χ1n) is 10.4. The fourth-order valence-electron chi connectivity index (χ4n) is 3.14. The number of fused-ring (bicyclic) bond motifs is 1. The molecule has 2 heterocycles. The number of thioether (sulfide) groups is 1. The van der Waals surface area contributed by atoms with Gasteiger partial charge in [0.05, 0.1) is 11.3 Å². The molecule has 180 valence electrons. The van der Waals surface area contributed by atoms with Crippen molar-refractivity contribution in [3.05, 3.63) is 83.7 Å². The zero-order chi connectivity index (χ0) is 24.8. The number of rotatable bonds is 8. The molecule has 2 N–H and O–H groups in total. The molecule has 2 amide bonds. The largest absolute Gasteiger partial charge is 0.416 e. The van der Waals surface area contributed by atoms with E-state index < -0.39 is 17.6 Å². The number of carbonyl (C=O) groups excluding carboxylic acids is 2. The number of hydrogen-bond donors (Lipinski definition) is 2. The van der Waals surface area contributed by atoms with Crippen LogP contribution in [0.25, 0.3) is 5.65 Å². The Morgan fingerprint density at radius 1 is 0.971 bits per heavy atom. The van der Waals surface area contributed by atoms with Gasteiger partial charge < -0.3 is 10.6 Å². The Morgan fingerprint density at radius 3 is 2.54 bits per heavy atom. The number of halogens is 3. The van der Waals surface area contributed by atoms with Gasteiger partial charge in [0.1, 0.15) is 5.03 Å². The normalized spacial score (nSPS) is 11.4. The summed E-state index contributed by atoms with van der Waals surface area (Å²) in [6, 6.07) is 16.6. The van der Waals surface area contributed by atoms with E-state index in [1.165, 1.54) is 16.6 Å². The van der Waals surface area contributed by atoms with Crippen molar-refractivity contribution in [3.8, 4) is 0 Å². The quantitative estimate of drug-likeness (QED) is 0.357. The highest BCUT2D eigenvalue weighted by Gasteiger charge is 2.30. The summed E-state index contributed by atoms with van der Waals surface area (Å²) in [5.74, 6) is -0.192. The van der Waals surface area contributed by atoms with Crippen LogP contribution in [0.5, 0.6) is 0 Å². The molecule has 0 fully saturated rings. The Labute approximate surface area is 201 Å². The summed E-state index contributed by atoms with van der Waals surface area (Å²) in [6.07, 6.45) is -4.10. The van der Waals surface area contributed by atoms with Crippen molar-refractivity contribution in [1.29, 1.82) is 0 Å². The molecule has 0 atom stereocenters. The monoisotopic (exact) mass is 500 g/mol. The van der Waals surface area contributed by atoms with Crippen LogP contribution in [0.3, 0.4) is 0 Å². The molecule has 2 aromatic carbocycles. The summed E-state index contributed by atoms with van der Waals surface area (Å²) in [7, 11) is 0. The standard InChI is InChI=1S/C23H19F3N6O2S/c24-23(25,26)16-7-4-8-17(13-16)28-20(33)14-35-21-10-9-18-29-30-19(32(18)31-21)11-12-27-22(34)15-5-2-1-3-6-15/h1-10,13H,11-12,14H2,(H,27,34)(H,28,33). The lowest BCUT2D eigenvalue weighted by Crippen LogP contribution is -2.26. The lowest BCUT2D eigenvalue weighted by atomic mass is 10.2. The van der Waals surface area contributed by atoms with Gasteiger partial charge in [-0.3, -0.25) is 9.59 Å². The predicted octanol–water partition coefficient (Wildman–Crippen LogP) is 3.85. The van der Waals surface area contributed by atoms with Crippen LogP contribution < -0.4 is 10.6 Å². The minimum atomic E-state index is -4.49. The first-order chi connectivity index (χ1) is 16.8. The van der Waals surface area contributed by atoms with Crippen molar-refractivity contribution in [1.82, 2.24) is 25.1 Å². The summed E-state index contributed by atoms with van der Waals surface area (Å²) in [5, 5.41) is 18.4. The van der Waals surface area contributed by atoms with Crippen LogP contribution in [0.4, 0.5) is 18.9 Å². The molecule has 2 aromatic heterocycles. The van der Waals surface area contributed by atoms with Gasteiger partial charge in [-0.25, -0.2) is 0 Å². The second-order valence-electron chi connectivity index (χ2n) is 7.35. The van der Waals surface area contributed by atoms with Crippen molar-refractivity contribution < 1.29 is 22.8 Å². The molecule has 0 aliphatic heterocycles. The number of amides is 2. The van der Waals surface area contributed by atoms with Crippen molar-refractivity contribution >= 4 is 34.9 Å². The van der Waals surface area contributed by atoms with Crippen LogP contribution >= 0.6 is 11.8 Å². The topological polar surface area (TPSA) is 101 Å². The maximum atomic E-state index is 12.8. The van der Waals surface area contributed by atoms with E-state index in [2.05, 4.69) is 25.9 Å². The Bertz CT molecular complexity index is 1340. The lowest BCUT2D eigenvalue weighted by molar-refractivity contribution is -0.137. The molecule has 0 saturated heterocycles. The highest BCUT2D eigenvalue weighted by atomic mass is 32.2. The number of hydrogen-bond acceptors (Lipinski definition) is 6. The highest BCUT2D eigenvalue weighted by Crippen LogP contribution is 2.30. The van der Waals surface area contributed by atoms with Gasteiger partial charge in [0, 0.05) is 24.2 Å². The van der Waals surface area contributed by atoms with Crippen LogP contribution in [0.1, 0.15) is 21.7 Å². The zero-order valence-corrected chi connectivity index (χ0v) is 18.9. The number of alkyl halides is 3. The van der Waals surface area contributed by atoms with Crippen LogP contribution in [0, 0.1) is 0 Å². The number of benzene rings is 2. The third-order valence-corrected chi connectivity index (χ3v) is 5.72. The van der Waals surface area contributed by atoms with Gasteiger partial charge in [-0.05, 0) is 42.5 Å². The Balaban J connectivity index is 1.33. The van der Waals surface area contributed by atoms with Gasteiger partial charge in [0.2, 0.25) is 5.91 Å². The Kier molecular flexibility index (Phi) is 7.30. The maximum Gasteiger partial charge on any atom is 0.416 e. The van der Waals surface area contributed by atoms with E-state index in [4.69, 9.17) is 0 Å². The minimum Gasteiger partial charge on any atom is -0.352 e. The molecule has 35 heavy (non-hydrogen) atoms. The number of nitrogens with zero attached hydrogens (tertiary/aromatic N) is 4. The van der Waals surface area contributed by atoms with Gasteiger partial charge in [0.15, 0.2) is 11.5 Å². The third kappa shape index (κ3) is 6.35. The van der Waals surface area contributed by atoms with Crippen molar-refractivity contribution in [2.45, 2.75) is 17.6 Å². The van der Waals surface area contributed by atoms with E-state index in [9.17, 15) is 22.8 Å². The number of carbonyl (C=O) groups is 2. The molecular weight excluding hydrogens is 481 g/mol. The molecule has 4 rings (SSSR count). The van der Waals surface area contributed by atoms with Crippen molar-refractivity contribution in [2.24, 2.45) is 0 Å². The molecule has 0 aliphatic carbocycles. The van der Waals surface area contributed by atoms with Crippen LogP contribution in [0.15, 0.2) is 71.8 Å². The fraction of sp³-hybridized carbons (Fsp3) is 0.174. The molecular formula is C23H19F3N6O2S. The van der Waals surface area contributed by atoms with Crippen LogP contribution in [-0.2, 0) is 17.4 Å². The molecule has 0 saturated carbocycles. The second kappa shape index (κ2) is 10.6. The summed E-state index contributed by atoms with van der Waals surface area (Å²) in [4.78, 5) is 24.4. The van der Waals surface area contributed by atoms with E-state index in [1.807, 2.05) is 6.07 Å². The summed E-state index contributed by atoms with van der Waals surface area (Å²) in [5.41, 5.74) is 0.286. The lowest BCUT2D eigenvalue weighted by Gasteiger charge is -2.09. The van der Waals surface area contributed by atoms with Crippen molar-refractivity contribution in [2.75, 3.05) is 17.6 Å². The van der Waals surface area contributed by atoms with Gasteiger partial charge in [-0.2, -0.15) is 22.8 Å². The first-order valence-corrected chi connectivity index (χ1v) is 11.4. The minimum absolute atomic E-state index is 0.0562. The van der Waals surface area contributed by atoms with E-state index in [0.717, 1.165) is 23.9 Å². The van der Waals surface area contributed by atoms with Gasteiger partial charge in [0.25, 0.3) is 5.91 Å². The molecule has 0 unspecified atom stereocenters. The summed E-state index contributed by atoms with van der Waals surface area (Å²) < 4.78 is 40.1. The Morgan fingerprint density at radius 2 is 1.77 bits per heavy atom. The van der Waals surface area contributed by atoms with E-state index in [0.29, 0.717) is 35.0 Å². The molecule has 0 spiro atoms. The number of anilines is 1. The summed E-state index contributed by atoms with van der Waals surface area (Å²) in [6.45, 7) is 0.326. The average molecular weight is 501 g/mol. The SMILES string of the molecule is O=C(CSc1ccc2nnc(CCNC(=O)c3ccccc3)n2n1)Nc1cccc(C(F)(F)F)c1. The summed E-state index contributed by atoms with van der Waals surface area (Å²) >= 11 is 1.12. The number of aromatic nitrogens is 4. The smallest absolute Gasteiger partial charge is 0.352 e. The van der Waals surface area contributed by atoms with Crippen molar-refractivity contribution in [3.63, 3.8) is 0 Å². The Hall–Kier alpha value is -3.93. The maximum absolute atomic E-state index is 12.8. The average Bonchev–Trinajstić information content (AvgIpc) is 3.25. The molecule has 4 aromatic rings. The highest BCUT2D eigenvalue weighted by molar-refractivity contribution is 7.99. The van der Waals surface area contributed by atoms with Gasteiger partial charge in [-0.1, -0.05) is 36.0 Å². The zero-order valence-electron chi connectivity index (χ0n) is 18.1. The van der Waals surface area contributed by atoms with E-state index >= 15 is 0 Å². The van der Waals surface area contributed by atoms with Crippen LogP contribution in [0.2, 0.25) is 0 Å². The predicted molar refractivity (Wildman–Crippen MR) is 124 cm³/mol. The molecule has 0 bridgehead atoms. The van der Waals surface area contributed by atoms with E-state index in [1.54, 1.807) is 36.4 Å². The van der Waals surface area contributed by atoms with Gasteiger partial charge in [-0.15, -0.1) is 10.2 Å². The molecule has 12 heteroatoms. The second-order valence-corrected chi connectivity index (χ2v) is 8.34. The molecule has 0 aliphatic rings. The third-order valence-electron chi connectivity index (χ3n) is 4.80.